The van der Waals surface area contributed by atoms with Crippen molar-refractivity contribution in [2.24, 2.45) is 5.92 Å². The van der Waals surface area contributed by atoms with Gasteiger partial charge in [0.2, 0.25) is 5.91 Å². The number of nitrogens with one attached hydrogen (secondary N) is 1. The number of methoxy groups -OCH3 is 1. The molecule has 0 radical (unpaired) electrons. The van der Waals surface area contributed by atoms with Gasteiger partial charge in [-0.25, -0.2) is 9.97 Å². The monoisotopic (exact) mass is 443 g/mol. The zero-order valence-corrected chi connectivity index (χ0v) is 18.8. The molecule has 158 valence electrons. The zero-order chi connectivity index (χ0) is 20.9. The number of hydrogen-bond acceptors (Lipinski definition) is 8. The van der Waals surface area contributed by atoms with E-state index < -0.39 is 0 Å². The molecule has 4 rings (SSSR count). The number of fused-ring (bicyclic) bond motifs is 1. The highest BCUT2D eigenvalue weighted by molar-refractivity contribution is 8.00. The lowest BCUT2D eigenvalue weighted by molar-refractivity contribution is -0.118. The second-order valence-corrected chi connectivity index (χ2v) is 9.38. The van der Waals surface area contributed by atoms with Gasteiger partial charge in [-0.15, -0.1) is 0 Å². The molecule has 1 aliphatic rings. The first-order valence-corrected chi connectivity index (χ1v) is 11.8. The van der Waals surface area contributed by atoms with Crippen molar-refractivity contribution in [1.82, 2.24) is 20.3 Å². The maximum Gasteiger partial charge on any atom is 0.230 e. The summed E-state index contributed by atoms with van der Waals surface area (Å²) in [6.45, 7) is 4.84. The standard InChI is InChI=1S/C21H25N5O2S2/c1-14-4-3-9-26(11-14)21-25-19-18(30-21)20(24-13-23-19)29-12-17(27)22-10-15-5-7-16(28-2)8-6-15/h5-8,13-14H,3-4,9-12H2,1-2H3,(H,22,27). The molecule has 7 nitrogen and oxygen atoms in total. The predicted octanol–water partition coefficient (Wildman–Crippen LogP) is 3.74. The molecule has 1 saturated heterocycles. The molecule has 2 aromatic heterocycles. The number of anilines is 1. The summed E-state index contributed by atoms with van der Waals surface area (Å²) in [7, 11) is 1.64. The zero-order valence-electron chi connectivity index (χ0n) is 17.1. The number of carbonyl (C=O) groups is 1. The molecule has 0 bridgehead atoms. The number of hydrogen-bond donors (Lipinski definition) is 1. The molecule has 1 aromatic carbocycles. The van der Waals surface area contributed by atoms with Crippen molar-refractivity contribution in [2.45, 2.75) is 31.3 Å². The number of carbonyl (C=O) groups excluding carboxylic acids is 1. The Morgan fingerprint density at radius 1 is 1.33 bits per heavy atom. The van der Waals surface area contributed by atoms with Gasteiger partial charge in [0.25, 0.3) is 0 Å². The van der Waals surface area contributed by atoms with Gasteiger partial charge in [0.05, 0.1) is 12.9 Å². The van der Waals surface area contributed by atoms with Crippen molar-refractivity contribution < 1.29 is 9.53 Å². The summed E-state index contributed by atoms with van der Waals surface area (Å²) in [5, 5.41) is 4.77. The number of aromatic nitrogens is 3. The van der Waals surface area contributed by atoms with Gasteiger partial charge in [0.15, 0.2) is 10.8 Å². The van der Waals surface area contributed by atoms with E-state index in [1.165, 1.54) is 30.9 Å². The second-order valence-electron chi connectivity index (χ2n) is 7.43. The van der Waals surface area contributed by atoms with Crippen LogP contribution in [0.2, 0.25) is 0 Å². The maximum absolute atomic E-state index is 12.3. The molecule has 3 aromatic rings. The molecule has 30 heavy (non-hydrogen) atoms. The number of rotatable bonds is 7. The van der Waals surface area contributed by atoms with Crippen molar-refractivity contribution in [3.8, 4) is 5.75 Å². The molecule has 1 aliphatic heterocycles. The van der Waals surface area contributed by atoms with Crippen LogP contribution in [0.25, 0.3) is 10.3 Å². The van der Waals surface area contributed by atoms with E-state index in [1.807, 2.05) is 24.3 Å². The Hall–Kier alpha value is -2.39. The van der Waals surface area contributed by atoms with E-state index in [-0.39, 0.29) is 5.91 Å². The van der Waals surface area contributed by atoms with Gasteiger partial charge in [-0.1, -0.05) is 42.2 Å². The minimum absolute atomic E-state index is 0.0304. The van der Waals surface area contributed by atoms with E-state index in [1.54, 1.807) is 18.4 Å². The number of thioether (sulfide) groups is 1. The molecule has 1 amide bonds. The largest absolute Gasteiger partial charge is 0.497 e. The Morgan fingerprint density at radius 2 is 2.17 bits per heavy atom. The maximum atomic E-state index is 12.3. The van der Waals surface area contributed by atoms with Gasteiger partial charge in [0.1, 0.15) is 21.8 Å². The average Bonchev–Trinajstić information content (AvgIpc) is 3.21. The summed E-state index contributed by atoms with van der Waals surface area (Å²) in [6.07, 6.45) is 3.99. The molecule has 0 saturated carbocycles. The summed E-state index contributed by atoms with van der Waals surface area (Å²) < 4.78 is 6.11. The Morgan fingerprint density at radius 3 is 2.93 bits per heavy atom. The van der Waals surface area contributed by atoms with Crippen LogP contribution in [0.5, 0.6) is 5.75 Å². The van der Waals surface area contributed by atoms with Gasteiger partial charge in [-0.2, -0.15) is 4.98 Å². The summed E-state index contributed by atoms with van der Waals surface area (Å²) in [6, 6.07) is 7.66. The first kappa shape index (κ1) is 20.9. The summed E-state index contributed by atoms with van der Waals surface area (Å²) in [5.41, 5.74) is 1.74. The quantitative estimate of drug-likeness (QED) is 0.440. The summed E-state index contributed by atoms with van der Waals surface area (Å²) in [4.78, 5) is 28.1. The number of nitrogens with zero attached hydrogens (tertiary/aromatic N) is 4. The Balaban J connectivity index is 1.36. The Bertz CT molecular complexity index is 1010. The van der Waals surface area contributed by atoms with E-state index in [4.69, 9.17) is 9.72 Å². The molecule has 3 heterocycles. The van der Waals surface area contributed by atoms with Crippen LogP contribution in [-0.4, -0.2) is 46.8 Å². The molecule has 1 atom stereocenters. The van der Waals surface area contributed by atoms with Gasteiger partial charge >= 0.3 is 0 Å². The molecule has 0 aliphatic carbocycles. The molecular formula is C21H25N5O2S2. The fourth-order valence-corrected chi connectivity index (χ4v) is 5.41. The van der Waals surface area contributed by atoms with Crippen LogP contribution in [0, 0.1) is 5.92 Å². The third-order valence-electron chi connectivity index (χ3n) is 5.06. The van der Waals surface area contributed by atoms with Crippen molar-refractivity contribution in [2.75, 3.05) is 30.9 Å². The first-order valence-electron chi connectivity index (χ1n) is 10.0. The van der Waals surface area contributed by atoms with Crippen LogP contribution in [0.15, 0.2) is 35.6 Å². The number of benzene rings is 1. The normalized spacial score (nSPS) is 16.6. The molecule has 1 fully saturated rings. The lowest BCUT2D eigenvalue weighted by Crippen LogP contribution is -2.34. The Labute approximate surface area is 184 Å². The smallest absolute Gasteiger partial charge is 0.230 e. The highest BCUT2D eigenvalue weighted by atomic mass is 32.2. The second kappa shape index (κ2) is 9.61. The number of amides is 1. The topological polar surface area (TPSA) is 80.2 Å². The highest BCUT2D eigenvalue weighted by Crippen LogP contribution is 2.35. The van der Waals surface area contributed by atoms with E-state index in [2.05, 4.69) is 27.1 Å². The van der Waals surface area contributed by atoms with Crippen LogP contribution in [0.1, 0.15) is 25.3 Å². The minimum atomic E-state index is -0.0304. The molecule has 1 unspecified atom stereocenters. The SMILES string of the molecule is COc1ccc(CNC(=O)CSc2ncnc3nc(N4CCCC(C)C4)sc23)cc1. The van der Waals surface area contributed by atoms with Crippen molar-refractivity contribution in [1.29, 1.82) is 0 Å². The first-order chi connectivity index (χ1) is 14.6. The van der Waals surface area contributed by atoms with Crippen molar-refractivity contribution in [3.05, 3.63) is 36.2 Å². The fraction of sp³-hybridized carbons (Fsp3) is 0.429. The summed E-state index contributed by atoms with van der Waals surface area (Å²) in [5.74, 6) is 1.75. The number of piperidine rings is 1. The average molecular weight is 444 g/mol. The van der Waals surface area contributed by atoms with E-state index in [0.717, 1.165) is 39.3 Å². The molecule has 1 N–H and O–H groups in total. The molecule has 0 spiro atoms. The van der Waals surface area contributed by atoms with E-state index in [0.29, 0.717) is 23.9 Å². The summed E-state index contributed by atoms with van der Waals surface area (Å²) >= 11 is 3.05. The van der Waals surface area contributed by atoms with Crippen LogP contribution in [-0.2, 0) is 11.3 Å². The van der Waals surface area contributed by atoms with Crippen molar-refractivity contribution in [3.63, 3.8) is 0 Å². The van der Waals surface area contributed by atoms with Gasteiger partial charge in [-0.05, 0) is 36.5 Å². The van der Waals surface area contributed by atoms with E-state index in [9.17, 15) is 4.79 Å². The van der Waals surface area contributed by atoms with Crippen LogP contribution in [0.3, 0.4) is 0 Å². The highest BCUT2D eigenvalue weighted by Gasteiger charge is 2.21. The van der Waals surface area contributed by atoms with Gasteiger partial charge in [0, 0.05) is 19.6 Å². The lowest BCUT2D eigenvalue weighted by Gasteiger charge is -2.30. The number of ether oxygens (including phenoxy) is 1. The predicted molar refractivity (Wildman–Crippen MR) is 121 cm³/mol. The lowest BCUT2D eigenvalue weighted by atomic mass is 10.0. The third kappa shape index (κ3) is 5.02. The van der Waals surface area contributed by atoms with Gasteiger partial charge < -0.3 is 15.0 Å². The van der Waals surface area contributed by atoms with E-state index >= 15 is 0 Å². The molecule has 9 heteroatoms. The molecular weight excluding hydrogens is 418 g/mol. The third-order valence-corrected chi connectivity index (χ3v) is 7.29. The van der Waals surface area contributed by atoms with Gasteiger partial charge in [-0.3, -0.25) is 4.79 Å². The van der Waals surface area contributed by atoms with Crippen LogP contribution >= 0.6 is 23.1 Å². The number of thiazole rings is 1. The fourth-order valence-electron chi connectivity index (χ4n) is 3.45. The Kier molecular flexibility index (Phi) is 6.69. The minimum Gasteiger partial charge on any atom is -0.497 e. The van der Waals surface area contributed by atoms with Crippen LogP contribution in [0.4, 0.5) is 5.13 Å². The van der Waals surface area contributed by atoms with Crippen LogP contribution < -0.4 is 15.0 Å². The van der Waals surface area contributed by atoms with Crippen molar-refractivity contribution >= 4 is 44.5 Å².